The monoisotopic (exact) mass is 353 g/mol. The van der Waals surface area contributed by atoms with Gasteiger partial charge >= 0.3 is 11.8 Å². The molecule has 0 bridgehead atoms. The second kappa shape index (κ2) is 8.01. The Balaban J connectivity index is 1.58. The van der Waals surface area contributed by atoms with Crippen molar-refractivity contribution < 1.29 is 14.3 Å². The third kappa shape index (κ3) is 4.61. The van der Waals surface area contributed by atoms with Gasteiger partial charge in [0.1, 0.15) is 0 Å². The summed E-state index contributed by atoms with van der Waals surface area (Å²) in [7, 11) is 0. The van der Waals surface area contributed by atoms with Gasteiger partial charge in [-0.15, -0.1) is 0 Å². The zero-order valence-electron chi connectivity index (χ0n) is 14.9. The molecule has 1 aliphatic heterocycles. The Bertz CT molecular complexity index is 752. The van der Waals surface area contributed by atoms with Gasteiger partial charge in [-0.25, -0.2) is 0 Å². The van der Waals surface area contributed by atoms with Crippen molar-refractivity contribution in [3.8, 4) is 0 Å². The van der Waals surface area contributed by atoms with Crippen LogP contribution < -0.4 is 10.6 Å². The fraction of sp³-hybridized carbons (Fsp3) is 0.300. The number of para-hydroxylation sites is 1. The predicted molar refractivity (Wildman–Crippen MR) is 101 cm³/mol. The summed E-state index contributed by atoms with van der Waals surface area (Å²) in [5, 5.41) is 5.93. The molecule has 6 nitrogen and oxygen atoms in total. The van der Waals surface area contributed by atoms with Crippen molar-refractivity contribution in [3.05, 3.63) is 54.6 Å². The van der Waals surface area contributed by atoms with E-state index in [0.29, 0.717) is 18.8 Å². The number of morpholine rings is 1. The van der Waals surface area contributed by atoms with Crippen molar-refractivity contribution >= 4 is 28.9 Å². The molecule has 2 unspecified atom stereocenters. The molecule has 2 aromatic carbocycles. The van der Waals surface area contributed by atoms with Crippen LogP contribution in [0.25, 0.3) is 0 Å². The minimum Gasteiger partial charge on any atom is -0.372 e. The molecule has 6 heteroatoms. The first-order chi connectivity index (χ1) is 12.5. The molecule has 1 fully saturated rings. The number of amides is 2. The highest BCUT2D eigenvalue weighted by Crippen LogP contribution is 2.19. The Kier molecular flexibility index (Phi) is 5.53. The Labute approximate surface area is 153 Å². The quantitative estimate of drug-likeness (QED) is 0.832. The highest BCUT2D eigenvalue weighted by Gasteiger charge is 2.29. The van der Waals surface area contributed by atoms with Crippen molar-refractivity contribution in [2.75, 3.05) is 23.7 Å². The molecule has 0 radical (unpaired) electrons. The number of carbonyl (C=O) groups is 2. The van der Waals surface area contributed by atoms with Crippen LogP contribution in [0.15, 0.2) is 54.6 Å². The van der Waals surface area contributed by atoms with Crippen LogP contribution in [0.2, 0.25) is 0 Å². The third-order valence-corrected chi connectivity index (χ3v) is 4.11. The summed E-state index contributed by atoms with van der Waals surface area (Å²) in [6.07, 6.45) is -0.141. The van der Waals surface area contributed by atoms with E-state index in [4.69, 9.17) is 4.74 Å². The molecule has 0 saturated carbocycles. The van der Waals surface area contributed by atoms with E-state index in [2.05, 4.69) is 10.6 Å². The number of carbonyl (C=O) groups excluding carboxylic acids is 2. The van der Waals surface area contributed by atoms with Crippen LogP contribution in [0.4, 0.5) is 17.1 Å². The van der Waals surface area contributed by atoms with Crippen molar-refractivity contribution in [2.45, 2.75) is 26.1 Å². The van der Waals surface area contributed by atoms with E-state index in [0.717, 1.165) is 11.4 Å². The number of benzene rings is 2. The first kappa shape index (κ1) is 17.9. The Hall–Kier alpha value is -2.86. The van der Waals surface area contributed by atoms with Gasteiger partial charge in [0.2, 0.25) is 0 Å². The number of hydrogen-bond donors (Lipinski definition) is 2. The third-order valence-electron chi connectivity index (χ3n) is 4.11. The highest BCUT2D eigenvalue weighted by atomic mass is 16.5. The van der Waals surface area contributed by atoms with Gasteiger partial charge in [0.05, 0.1) is 12.2 Å². The van der Waals surface area contributed by atoms with Crippen LogP contribution in [-0.4, -0.2) is 42.0 Å². The van der Waals surface area contributed by atoms with Gasteiger partial charge in [0.15, 0.2) is 0 Å². The van der Waals surface area contributed by atoms with Crippen molar-refractivity contribution in [3.63, 3.8) is 0 Å². The Morgan fingerprint density at radius 1 is 0.885 bits per heavy atom. The second-order valence-electron chi connectivity index (χ2n) is 6.49. The molecule has 2 aromatic rings. The molecule has 1 aliphatic rings. The smallest absolute Gasteiger partial charge is 0.313 e. The Morgan fingerprint density at radius 3 is 2.04 bits per heavy atom. The minimum absolute atomic E-state index is 0.0705. The molecule has 136 valence electrons. The molecular formula is C20H23N3O3. The number of hydrogen-bond acceptors (Lipinski definition) is 4. The molecular weight excluding hydrogens is 330 g/mol. The minimum atomic E-state index is -0.630. The molecule has 2 atom stereocenters. The van der Waals surface area contributed by atoms with Gasteiger partial charge in [-0.2, -0.15) is 0 Å². The average molecular weight is 353 g/mol. The maximum atomic E-state index is 12.3. The van der Waals surface area contributed by atoms with Crippen LogP contribution in [0.5, 0.6) is 0 Å². The lowest BCUT2D eigenvalue weighted by Crippen LogP contribution is -2.51. The van der Waals surface area contributed by atoms with Gasteiger partial charge < -0.3 is 20.3 Å². The average Bonchev–Trinajstić information content (AvgIpc) is 2.63. The number of rotatable bonds is 3. The summed E-state index contributed by atoms with van der Waals surface area (Å²) in [4.78, 5) is 26.1. The molecule has 3 rings (SSSR count). The lowest BCUT2D eigenvalue weighted by atomic mass is 10.2. The summed E-state index contributed by atoms with van der Waals surface area (Å²) in [5.41, 5.74) is 2.46. The van der Waals surface area contributed by atoms with E-state index in [-0.39, 0.29) is 12.2 Å². The zero-order valence-corrected chi connectivity index (χ0v) is 14.9. The van der Waals surface area contributed by atoms with Crippen molar-refractivity contribution in [1.29, 1.82) is 0 Å². The van der Waals surface area contributed by atoms with Crippen LogP contribution in [0, 0.1) is 0 Å². The summed E-state index contributed by atoms with van der Waals surface area (Å²) >= 11 is 0. The van der Waals surface area contributed by atoms with Gasteiger partial charge in [0, 0.05) is 30.2 Å². The normalized spacial score (nSPS) is 19.7. The fourth-order valence-corrected chi connectivity index (χ4v) is 3.00. The van der Waals surface area contributed by atoms with Gasteiger partial charge in [0.25, 0.3) is 0 Å². The topological polar surface area (TPSA) is 70.7 Å². The van der Waals surface area contributed by atoms with Gasteiger partial charge in [-0.05, 0) is 50.2 Å². The molecule has 26 heavy (non-hydrogen) atoms. The lowest BCUT2D eigenvalue weighted by Gasteiger charge is -2.34. The first-order valence-corrected chi connectivity index (χ1v) is 8.69. The summed E-state index contributed by atoms with van der Waals surface area (Å²) in [6.45, 7) is 4.64. The molecule has 1 heterocycles. The standard InChI is InChI=1S/C20H23N3O3/c1-14-12-23(13-15(2)26-14)20(25)19(24)22-18-10-8-17(9-11-18)21-16-6-4-3-5-7-16/h3-11,14-15,21H,12-13H2,1-2H3,(H,22,24). The van der Waals surface area contributed by atoms with Gasteiger partial charge in [-0.1, -0.05) is 18.2 Å². The van der Waals surface area contributed by atoms with E-state index in [1.54, 1.807) is 17.0 Å². The van der Waals surface area contributed by atoms with Crippen molar-refractivity contribution in [2.24, 2.45) is 0 Å². The number of nitrogens with zero attached hydrogens (tertiary/aromatic N) is 1. The number of anilines is 3. The van der Waals surface area contributed by atoms with Crippen LogP contribution in [-0.2, 0) is 14.3 Å². The van der Waals surface area contributed by atoms with Crippen LogP contribution in [0.3, 0.4) is 0 Å². The Morgan fingerprint density at radius 2 is 1.42 bits per heavy atom. The van der Waals surface area contributed by atoms with Crippen molar-refractivity contribution in [1.82, 2.24) is 4.90 Å². The maximum Gasteiger partial charge on any atom is 0.313 e. The summed E-state index contributed by atoms with van der Waals surface area (Å²) < 4.78 is 5.59. The molecule has 2 amide bonds. The first-order valence-electron chi connectivity index (χ1n) is 8.69. The maximum absolute atomic E-state index is 12.3. The lowest BCUT2D eigenvalue weighted by molar-refractivity contribution is -0.151. The molecule has 2 N–H and O–H groups in total. The SMILES string of the molecule is CC1CN(C(=O)C(=O)Nc2ccc(Nc3ccccc3)cc2)CC(C)O1. The molecule has 0 aromatic heterocycles. The van der Waals surface area contributed by atoms with E-state index in [1.807, 2.05) is 56.3 Å². The van der Waals surface area contributed by atoms with E-state index < -0.39 is 11.8 Å². The summed E-state index contributed by atoms with van der Waals surface area (Å²) in [5.74, 6) is -1.16. The highest BCUT2D eigenvalue weighted by molar-refractivity contribution is 6.39. The van der Waals surface area contributed by atoms with E-state index in [1.165, 1.54) is 0 Å². The van der Waals surface area contributed by atoms with Crippen LogP contribution in [0.1, 0.15) is 13.8 Å². The molecule has 0 aliphatic carbocycles. The van der Waals surface area contributed by atoms with E-state index in [9.17, 15) is 9.59 Å². The van der Waals surface area contributed by atoms with Gasteiger partial charge in [-0.3, -0.25) is 9.59 Å². The molecule has 1 saturated heterocycles. The van der Waals surface area contributed by atoms with E-state index >= 15 is 0 Å². The summed E-state index contributed by atoms with van der Waals surface area (Å²) in [6, 6.07) is 17.0. The molecule has 0 spiro atoms. The number of ether oxygens (including phenoxy) is 1. The van der Waals surface area contributed by atoms with Crippen LogP contribution >= 0.6 is 0 Å². The largest absolute Gasteiger partial charge is 0.372 e. The predicted octanol–water partition coefficient (Wildman–Crippen LogP) is 3.00. The fourth-order valence-electron chi connectivity index (χ4n) is 3.00. The number of nitrogens with one attached hydrogen (secondary N) is 2. The zero-order chi connectivity index (χ0) is 18.5. The second-order valence-corrected chi connectivity index (χ2v) is 6.49.